The van der Waals surface area contributed by atoms with Crippen molar-refractivity contribution < 1.29 is 13.9 Å². The number of halogens is 1. The highest BCUT2D eigenvalue weighted by Crippen LogP contribution is 2.29. The monoisotopic (exact) mass is 342 g/mol. The third-order valence-corrected chi connectivity index (χ3v) is 4.77. The van der Waals surface area contributed by atoms with E-state index in [1.54, 1.807) is 17.0 Å². The van der Waals surface area contributed by atoms with E-state index < -0.39 is 0 Å². The van der Waals surface area contributed by atoms with Gasteiger partial charge in [-0.15, -0.1) is 0 Å². The zero-order valence-electron chi connectivity index (χ0n) is 14.1. The van der Waals surface area contributed by atoms with Crippen LogP contribution >= 0.6 is 0 Å². The predicted octanol–water partition coefficient (Wildman–Crippen LogP) is 3.87. The first-order chi connectivity index (χ1) is 12.1. The van der Waals surface area contributed by atoms with Crippen LogP contribution in [0.15, 0.2) is 54.6 Å². The molecule has 4 nitrogen and oxygen atoms in total. The molecule has 0 aliphatic carbocycles. The van der Waals surface area contributed by atoms with Gasteiger partial charge in [-0.25, -0.2) is 9.18 Å². The van der Waals surface area contributed by atoms with Gasteiger partial charge in [0, 0.05) is 19.1 Å². The standard InChI is InChI=1S/C20H23FN2O2/c21-18-8-6-16(7-9-18)19(22)17-10-12-23(13-11-17)20(24)25-14-15-4-2-1-3-5-15/h1-9,17,19H,10-14,22H2/t19-/m1/s1. The first-order valence-corrected chi connectivity index (χ1v) is 8.60. The summed E-state index contributed by atoms with van der Waals surface area (Å²) < 4.78 is 18.4. The van der Waals surface area contributed by atoms with Crippen LogP contribution in [0.2, 0.25) is 0 Å². The van der Waals surface area contributed by atoms with Crippen molar-refractivity contribution in [3.63, 3.8) is 0 Å². The second-order valence-corrected chi connectivity index (χ2v) is 6.44. The van der Waals surface area contributed by atoms with Gasteiger partial charge in [0.05, 0.1) is 0 Å². The molecule has 0 saturated carbocycles. The molecular weight excluding hydrogens is 319 g/mol. The number of likely N-dealkylation sites (tertiary alicyclic amines) is 1. The summed E-state index contributed by atoms with van der Waals surface area (Å²) >= 11 is 0. The van der Waals surface area contributed by atoms with E-state index >= 15 is 0 Å². The molecule has 1 saturated heterocycles. The average Bonchev–Trinajstić information content (AvgIpc) is 2.67. The molecule has 2 N–H and O–H groups in total. The Morgan fingerprint density at radius 2 is 1.76 bits per heavy atom. The largest absolute Gasteiger partial charge is 0.445 e. The van der Waals surface area contributed by atoms with E-state index in [0.29, 0.717) is 13.1 Å². The van der Waals surface area contributed by atoms with Crippen molar-refractivity contribution in [2.45, 2.75) is 25.5 Å². The fourth-order valence-corrected chi connectivity index (χ4v) is 3.21. The quantitative estimate of drug-likeness (QED) is 0.917. The summed E-state index contributed by atoms with van der Waals surface area (Å²) in [7, 11) is 0. The van der Waals surface area contributed by atoms with Crippen LogP contribution in [0, 0.1) is 11.7 Å². The van der Waals surface area contributed by atoms with Gasteiger partial charge in [-0.05, 0) is 42.0 Å². The normalized spacial score (nSPS) is 16.5. The van der Waals surface area contributed by atoms with E-state index in [1.165, 1.54) is 12.1 Å². The molecule has 0 spiro atoms. The van der Waals surface area contributed by atoms with E-state index in [9.17, 15) is 9.18 Å². The van der Waals surface area contributed by atoms with Crippen LogP contribution in [0.1, 0.15) is 30.0 Å². The minimum Gasteiger partial charge on any atom is -0.445 e. The summed E-state index contributed by atoms with van der Waals surface area (Å²) in [5.74, 6) is 0.0237. The predicted molar refractivity (Wildman–Crippen MR) is 94.3 cm³/mol. The van der Waals surface area contributed by atoms with Crippen molar-refractivity contribution in [3.8, 4) is 0 Å². The Balaban J connectivity index is 1.47. The van der Waals surface area contributed by atoms with Crippen LogP contribution in [-0.2, 0) is 11.3 Å². The van der Waals surface area contributed by atoms with Gasteiger partial charge >= 0.3 is 6.09 Å². The fraction of sp³-hybridized carbons (Fsp3) is 0.350. The molecule has 0 bridgehead atoms. The number of carbonyl (C=O) groups is 1. The SMILES string of the molecule is N[C@H](c1ccc(F)cc1)C1CCN(C(=O)OCc2ccccc2)CC1. The molecule has 3 rings (SSSR count). The lowest BCUT2D eigenvalue weighted by Gasteiger charge is -2.34. The lowest BCUT2D eigenvalue weighted by atomic mass is 9.86. The Hall–Kier alpha value is -2.40. The van der Waals surface area contributed by atoms with E-state index in [4.69, 9.17) is 10.5 Å². The summed E-state index contributed by atoms with van der Waals surface area (Å²) in [5, 5.41) is 0. The van der Waals surface area contributed by atoms with Crippen LogP contribution in [0.5, 0.6) is 0 Å². The van der Waals surface area contributed by atoms with Crippen LogP contribution in [0.3, 0.4) is 0 Å². The van der Waals surface area contributed by atoms with Gasteiger partial charge in [-0.3, -0.25) is 0 Å². The first kappa shape index (κ1) is 17.4. The molecule has 5 heteroatoms. The number of hydrogen-bond donors (Lipinski definition) is 1. The Morgan fingerprint density at radius 3 is 2.40 bits per heavy atom. The Kier molecular flexibility index (Phi) is 5.66. The maximum atomic E-state index is 13.0. The Morgan fingerprint density at radius 1 is 1.12 bits per heavy atom. The summed E-state index contributed by atoms with van der Waals surface area (Å²) in [6.07, 6.45) is 1.36. The lowest BCUT2D eigenvalue weighted by molar-refractivity contribution is 0.0797. The number of nitrogens with two attached hydrogens (primary N) is 1. The minimum absolute atomic E-state index is 0.136. The summed E-state index contributed by atoms with van der Waals surface area (Å²) in [4.78, 5) is 13.9. The number of amides is 1. The van der Waals surface area contributed by atoms with Crippen LogP contribution in [-0.4, -0.2) is 24.1 Å². The molecular formula is C20H23FN2O2. The van der Waals surface area contributed by atoms with Crippen LogP contribution in [0.25, 0.3) is 0 Å². The van der Waals surface area contributed by atoms with Crippen molar-refractivity contribution in [3.05, 3.63) is 71.5 Å². The summed E-state index contributed by atoms with van der Waals surface area (Å²) in [6.45, 7) is 1.55. The molecule has 1 heterocycles. The number of hydrogen-bond acceptors (Lipinski definition) is 3. The molecule has 2 aromatic carbocycles. The third-order valence-electron chi connectivity index (χ3n) is 4.77. The maximum absolute atomic E-state index is 13.0. The van der Waals surface area contributed by atoms with Gasteiger partial charge in [-0.2, -0.15) is 0 Å². The van der Waals surface area contributed by atoms with Gasteiger partial charge in [0.2, 0.25) is 0 Å². The van der Waals surface area contributed by atoms with Crippen molar-refractivity contribution in [1.29, 1.82) is 0 Å². The second-order valence-electron chi connectivity index (χ2n) is 6.44. The molecule has 0 radical (unpaired) electrons. The molecule has 0 aromatic heterocycles. The highest BCUT2D eigenvalue weighted by atomic mass is 19.1. The highest BCUT2D eigenvalue weighted by molar-refractivity contribution is 5.67. The van der Waals surface area contributed by atoms with Gasteiger partial charge in [0.25, 0.3) is 0 Å². The van der Waals surface area contributed by atoms with Crippen molar-refractivity contribution in [2.75, 3.05) is 13.1 Å². The molecule has 1 aliphatic rings. The Bertz CT molecular complexity index is 683. The molecule has 1 atom stereocenters. The van der Waals surface area contributed by atoms with Gasteiger partial charge in [0.1, 0.15) is 12.4 Å². The summed E-state index contributed by atoms with van der Waals surface area (Å²) in [6, 6.07) is 15.8. The molecule has 25 heavy (non-hydrogen) atoms. The van der Waals surface area contributed by atoms with E-state index in [2.05, 4.69) is 0 Å². The number of piperidine rings is 1. The van der Waals surface area contributed by atoms with Gasteiger partial charge in [0.15, 0.2) is 0 Å². The third kappa shape index (κ3) is 4.57. The van der Waals surface area contributed by atoms with Crippen molar-refractivity contribution in [1.82, 2.24) is 4.90 Å². The number of nitrogens with zero attached hydrogens (tertiary/aromatic N) is 1. The molecule has 132 valence electrons. The smallest absolute Gasteiger partial charge is 0.410 e. The second kappa shape index (κ2) is 8.12. The molecule has 2 aromatic rings. The van der Waals surface area contributed by atoms with Crippen molar-refractivity contribution >= 4 is 6.09 Å². The van der Waals surface area contributed by atoms with Gasteiger partial charge < -0.3 is 15.4 Å². The number of benzene rings is 2. The van der Waals surface area contributed by atoms with Crippen LogP contribution < -0.4 is 5.73 Å². The number of carbonyl (C=O) groups excluding carboxylic acids is 1. The zero-order chi connectivity index (χ0) is 17.6. The van der Waals surface area contributed by atoms with E-state index in [1.807, 2.05) is 30.3 Å². The first-order valence-electron chi connectivity index (χ1n) is 8.60. The number of rotatable bonds is 4. The molecule has 1 aliphatic heterocycles. The van der Waals surface area contributed by atoms with Gasteiger partial charge in [-0.1, -0.05) is 42.5 Å². The zero-order valence-corrected chi connectivity index (χ0v) is 14.1. The van der Waals surface area contributed by atoms with E-state index in [-0.39, 0.29) is 30.5 Å². The minimum atomic E-state index is -0.280. The average molecular weight is 342 g/mol. The molecule has 1 amide bonds. The highest BCUT2D eigenvalue weighted by Gasteiger charge is 2.28. The molecule has 0 unspecified atom stereocenters. The topological polar surface area (TPSA) is 55.6 Å². The lowest BCUT2D eigenvalue weighted by Crippen LogP contribution is -2.41. The van der Waals surface area contributed by atoms with E-state index in [0.717, 1.165) is 24.0 Å². The van der Waals surface area contributed by atoms with Crippen LogP contribution in [0.4, 0.5) is 9.18 Å². The van der Waals surface area contributed by atoms with Crippen molar-refractivity contribution in [2.24, 2.45) is 11.7 Å². The maximum Gasteiger partial charge on any atom is 0.410 e. The number of ether oxygens (including phenoxy) is 1. The molecule has 1 fully saturated rings. The Labute approximate surface area is 147 Å². The summed E-state index contributed by atoms with van der Waals surface area (Å²) in [5.41, 5.74) is 8.23. The fourth-order valence-electron chi connectivity index (χ4n) is 3.21.